The first-order valence-corrected chi connectivity index (χ1v) is 5.71. The van der Waals surface area contributed by atoms with E-state index in [-0.39, 0.29) is 0 Å². The first-order chi connectivity index (χ1) is 7.33. The van der Waals surface area contributed by atoms with E-state index in [2.05, 4.69) is 24.0 Å². The molecule has 1 aromatic carbocycles. The van der Waals surface area contributed by atoms with Gasteiger partial charge in [0.25, 0.3) is 0 Å². The first-order valence-electron chi connectivity index (χ1n) is 5.71. The zero-order valence-corrected chi connectivity index (χ0v) is 10.0. The molecule has 82 valence electrons. The van der Waals surface area contributed by atoms with Crippen LogP contribution in [0.5, 0.6) is 0 Å². The molecule has 0 aliphatic heterocycles. The number of hydrogen-bond donors (Lipinski definition) is 0. The molecule has 1 aromatic heterocycles. The van der Waals surface area contributed by atoms with Crippen molar-refractivity contribution in [3.05, 3.63) is 29.7 Å². The molecule has 0 bridgehead atoms. The van der Waals surface area contributed by atoms with Crippen molar-refractivity contribution in [2.75, 3.05) is 0 Å². The Bertz CT molecular complexity index is 415. The third-order valence-electron chi connectivity index (χ3n) is 2.21. The Balaban J connectivity index is 0.000000531. The van der Waals surface area contributed by atoms with Crippen LogP contribution in [-0.2, 0) is 12.8 Å². The van der Waals surface area contributed by atoms with E-state index in [1.807, 2.05) is 26.8 Å². The topological polar surface area (TPSA) is 26.0 Å². The highest BCUT2D eigenvalue weighted by Gasteiger charge is 2.03. The molecule has 0 spiro atoms. The molecule has 0 saturated heterocycles. The number of nitrogens with zero attached hydrogens (tertiary/aromatic N) is 1. The number of rotatable bonds is 2. The lowest BCUT2D eigenvalue weighted by atomic mass is 10.1. The molecule has 2 heteroatoms. The van der Waals surface area contributed by atoms with Gasteiger partial charge in [0.2, 0.25) is 0 Å². The summed E-state index contributed by atoms with van der Waals surface area (Å²) in [6, 6.07) is 6.19. The molecule has 0 unspecified atom stereocenters. The molecular weight excluding hydrogens is 186 g/mol. The summed E-state index contributed by atoms with van der Waals surface area (Å²) in [5, 5.41) is 0. The van der Waals surface area contributed by atoms with E-state index >= 15 is 0 Å². The standard InChI is InChI=1S/C11H13NO.C2H6/c1-3-8-5-6-10-9(7-8)12-11(4-2)13-10;1-2/h5-7H,3-4H2,1-2H3;1-2H3. The van der Waals surface area contributed by atoms with Gasteiger partial charge in [-0.1, -0.05) is 33.8 Å². The third kappa shape index (κ3) is 2.58. The summed E-state index contributed by atoms with van der Waals surface area (Å²) in [5.41, 5.74) is 3.19. The number of aryl methyl sites for hydroxylation is 2. The molecule has 2 aromatic rings. The van der Waals surface area contributed by atoms with Crippen molar-refractivity contribution in [3.63, 3.8) is 0 Å². The van der Waals surface area contributed by atoms with Crippen LogP contribution < -0.4 is 0 Å². The van der Waals surface area contributed by atoms with Gasteiger partial charge in [-0.15, -0.1) is 0 Å². The van der Waals surface area contributed by atoms with Crippen molar-refractivity contribution in [1.82, 2.24) is 4.98 Å². The molecule has 0 aliphatic carbocycles. The SMILES string of the molecule is CC.CCc1ccc2oc(CC)nc2c1. The zero-order valence-electron chi connectivity index (χ0n) is 10.0. The fourth-order valence-electron chi connectivity index (χ4n) is 1.39. The van der Waals surface area contributed by atoms with Crippen LogP contribution in [0.2, 0.25) is 0 Å². The maximum absolute atomic E-state index is 5.51. The molecule has 0 N–H and O–H groups in total. The van der Waals surface area contributed by atoms with Crippen molar-refractivity contribution >= 4 is 11.1 Å². The van der Waals surface area contributed by atoms with Gasteiger partial charge in [-0.3, -0.25) is 0 Å². The van der Waals surface area contributed by atoms with Crippen LogP contribution in [0.25, 0.3) is 11.1 Å². The highest BCUT2D eigenvalue weighted by atomic mass is 16.3. The fourth-order valence-corrected chi connectivity index (χ4v) is 1.39. The van der Waals surface area contributed by atoms with Gasteiger partial charge < -0.3 is 4.42 Å². The fraction of sp³-hybridized carbons (Fsp3) is 0.462. The van der Waals surface area contributed by atoms with Gasteiger partial charge in [-0.2, -0.15) is 0 Å². The van der Waals surface area contributed by atoms with E-state index in [1.165, 1.54) is 5.56 Å². The second kappa shape index (κ2) is 5.54. The second-order valence-electron chi connectivity index (χ2n) is 3.12. The van der Waals surface area contributed by atoms with Gasteiger partial charge in [0.05, 0.1) is 0 Å². The highest BCUT2D eigenvalue weighted by molar-refractivity contribution is 5.73. The van der Waals surface area contributed by atoms with E-state index in [0.717, 1.165) is 29.8 Å². The maximum atomic E-state index is 5.51. The predicted molar refractivity (Wildman–Crippen MR) is 64.1 cm³/mol. The third-order valence-corrected chi connectivity index (χ3v) is 2.21. The van der Waals surface area contributed by atoms with Gasteiger partial charge in [0.1, 0.15) is 5.52 Å². The Kier molecular flexibility index (Phi) is 4.35. The smallest absolute Gasteiger partial charge is 0.195 e. The van der Waals surface area contributed by atoms with Gasteiger partial charge in [-0.05, 0) is 24.1 Å². The molecule has 0 amide bonds. The van der Waals surface area contributed by atoms with Gasteiger partial charge in [-0.25, -0.2) is 4.98 Å². The van der Waals surface area contributed by atoms with Crippen LogP contribution >= 0.6 is 0 Å². The molecule has 0 radical (unpaired) electrons. The van der Waals surface area contributed by atoms with Crippen LogP contribution in [0.4, 0.5) is 0 Å². The number of aromatic nitrogens is 1. The van der Waals surface area contributed by atoms with Gasteiger partial charge >= 0.3 is 0 Å². The van der Waals surface area contributed by atoms with Gasteiger partial charge in [0.15, 0.2) is 11.5 Å². The molecule has 0 saturated carbocycles. The van der Waals surface area contributed by atoms with Crippen molar-refractivity contribution in [2.24, 2.45) is 0 Å². The zero-order chi connectivity index (χ0) is 11.3. The largest absolute Gasteiger partial charge is 0.441 e. The Labute approximate surface area is 91.3 Å². The average Bonchev–Trinajstić information content (AvgIpc) is 2.73. The monoisotopic (exact) mass is 205 g/mol. The quantitative estimate of drug-likeness (QED) is 0.741. The average molecular weight is 205 g/mol. The summed E-state index contributed by atoms with van der Waals surface area (Å²) in [4.78, 5) is 4.37. The van der Waals surface area contributed by atoms with Crippen molar-refractivity contribution < 1.29 is 4.42 Å². The Hall–Kier alpha value is -1.31. The molecule has 15 heavy (non-hydrogen) atoms. The number of benzene rings is 1. The molecule has 0 atom stereocenters. The molecule has 2 rings (SSSR count). The normalized spacial score (nSPS) is 9.87. The summed E-state index contributed by atoms with van der Waals surface area (Å²) < 4.78 is 5.51. The Morgan fingerprint density at radius 1 is 1.13 bits per heavy atom. The molecule has 0 aliphatic rings. The molecule has 2 nitrogen and oxygen atoms in total. The van der Waals surface area contributed by atoms with E-state index in [9.17, 15) is 0 Å². The van der Waals surface area contributed by atoms with Crippen molar-refractivity contribution in [1.29, 1.82) is 0 Å². The maximum Gasteiger partial charge on any atom is 0.195 e. The number of oxazole rings is 1. The van der Waals surface area contributed by atoms with Gasteiger partial charge in [0, 0.05) is 6.42 Å². The minimum atomic E-state index is 0.822. The number of hydrogen-bond acceptors (Lipinski definition) is 2. The summed E-state index contributed by atoms with van der Waals surface area (Å²) >= 11 is 0. The lowest BCUT2D eigenvalue weighted by Crippen LogP contribution is -1.79. The Morgan fingerprint density at radius 2 is 1.87 bits per heavy atom. The van der Waals surface area contributed by atoms with Crippen LogP contribution in [-0.4, -0.2) is 4.98 Å². The van der Waals surface area contributed by atoms with Crippen molar-refractivity contribution in [3.8, 4) is 0 Å². The molecule has 0 fully saturated rings. The van der Waals surface area contributed by atoms with E-state index in [0.29, 0.717) is 0 Å². The first kappa shape index (κ1) is 11.8. The van der Waals surface area contributed by atoms with E-state index in [1.54, 1.807) is 0 Å². The minimum absolute atomic E-state index is 0.822. The van der Waals surface area contributed by atoms with Crippen LogP contribution in [0.3, 0.4) is 0 Å². The van der Waals surface area contributed by atoms with Crippen LogP contribution in [0.1, 0.15) is 39.1 Å². The lowest BCUT2D eigenvalue weighted by Gasteiger charge is -1.92. The Morgan fingerprint density at radius 3 is 2.47 bits per heavy atom. The summed E-state index contributed by atoms with van der Waals surface area (Å²) in [6.07, 6.45) is 1.90. The van der Waals surface area contributed by atoms with Crippen LogP contribution in [0, 0.1) is 0 Å². The predicted octanol–water partition coefficient (Wildman–Crippen LogP) is 3.98. The summed E-state index contributed by atoms with van der Waals surface area (Å²) in [7, 11) is 0. The second-order valence-corrected chi connectivity index (χ2v) is 3.12. The summed E-state index contributed by atoms with van der Waals surface area (Å²) in [5.74, 6) is 0.822. The van der Waals surface area contributed by atoms with Crippen molar-refractivity contribution in [2.45, 2.75) is 40.5 Å². The molecular formula is C13H19NO. The minimum Gasteiger partial charge on any atom is -0.441 e. The van der Waals surface area contributed by atoms with Crippen LogP contribution in [0.15, 0.2) is 22.6 Å². The molecule has 1 heterocycles. The lowest BCUT2D eigenvalue weighted by molar-refractivity contribution is 0.538. The van der Waals surface area contributed by atoms with E-state index < -0.39 is 0 Å². The summed E-state index contributed by atoms with van der Waals surface area (Å²) in [6.45, 7) is 8.19. The number of fused-ring (bicyclic) bond motifs is 1. The highest BCUT2D eigenvalue weighted by Crippen LogP contribution is 2.17. The van der Waals surface area contributed by atoms with E-state index in [4.69, 9.17) is 4.42 Å².